The number of ether oxygens (including phenoxy) is 2. The maximum absolute atomic E-state index is 11.9. The van der Waals surface area contributed by atoms with E-state index < -0.39 is 17.9 Å². The van der Waals surface area contributed by atoms with Gasteiger partial charge in [0.05, 0.1) is 19.8 Å². The van der Waals surface area contributed by atoms with Gasteiger partial charge in [-0.15, -0.1) is 0 Å². The van der Waals surface area contributed by atoms with Crippen molar-refractivity contribution < 1.29 is 24.2 Å². The molecule has 19 heavy (non-hydrogen) atoms. The Bertz CT molecular complexity index is 423. The van der Waals surface area contributed by atoms with Gasteiger partial charge >= 0.3 is 11.9 Å². The highest BCUT2D eigenvalue weighted by Gasteiger charge is 2.32. The minimum Gasteiger partial charge on any atom is -0.465 e. The smallest absolute Gasteiger partial charge is 0.324 e. The van der Waals surface area contributed by atoms with E-state index in [1.165, 1.54) is 0 Å². The highest BCUT2D eigenvalue weighted by molar-refractivity contribution is 6.01. The molecule has 0 bridgehead atoms. The van der Waals surface area contributed by atoms with Crippen LogP contribution in [-0.4, -0.2) is 30.3 Å². The van der Waals surface area contributed by atoms with Crippen LogP contribution in [0.5, 0.6) is 0 Å². The molecule has 0 spiro atoms. The molecule has 1 N–H and O–H groups in total. The van der Waals surface area contributed by atoms with Gasteiger partial charge in [-0.05, 0) is 25.0 Å². The van der Waals surface area contributed by atoms with Gasteiger partial charge in [0.15, 0.2) is 5.92 Å². The van der Waals surface area contributed by atoms with E-state index in [-0.39, 0.29) is 19.8 Å². The monoisotopic (exact) mass is 266 g/mol. The molecule has 0 heterocycles. The molecule has 0 aliphatic rings. The van der Waals surface area contributed by atoms with Gasteiger partial charge in [-0.1, -0.05) is 24.3 Å². The van der Waals surface area contributed by atoms with Crippen molar-refractivity contribution in [1.82, 2.24) is 0 Å². The number of hydrogen-bond donors (Lipinski definition) is 1. The van der Waals surface area contributed by atoms with Crippen LogP contribution in [0.2, 0.25) is 0 Å². The van der Waals surface area contributed by atoms with Gasteiger partial charge in [0.1, 0.15) is 0 Å². The molecule has 0 radical (unpaired) electrons. The first-order valence-electron chi connectivity index (χ1n) is 6.17. The van der Waals surface area contributed by atoms with Crippen LogP contribution in [0.3, 0.4) is 0 Å². The summed E-state index contributed by atoms with van der Waals surface area (Å²) in [5, 5.41) is 9.29. The van der Waals surface area contributed by atoms with Gasteiger partial charge in [-0.3, -0.25) is 9.59 Å². The molecular weight excluding hydrogens is 248 g/mol. The van der Waals surface area contributed by atoms with E-state index in [2.05, 4.69) is 0 Å². The molecular formula is C14H18O5. The summed E-state index contributed by atoms with van der Waals surface area (Å²) in [4.78, 5) is 23.8. The van der Waals surface area contributed by atoms with Gasteiger partial charge in [-0.25, -0.2) is 0 Å². The van der Waals surface area contributed by atoms with Crippen LogP contribution in [0.15, 0.2) is 24.3 Å². The van der Waals surface area contributed by atoms with E-state index in [0.29, 0.717) is 11.1 Å². The third-order valence-electron chi connectivity index (χ3n) is 2.58. The summed E-state index contributed by atoms with van der Waals surface area (Å²) in [6.07, 6.45) is 0. The lowest BCUT2D eigenvalue weighted by Gasteiger charge is -2.17. The number of esters is 2. The van der Waals surface area contributed by atoms with Crippen molar-refractivity contribution in [2.75, 3.05) is 13.2 Å². The number of benzene rings is 1. The molecule has 0 fully saturated rings. The van der Waals surface area contributed by atoms with E-state index >= 15 is 0 Å². The first-order chi connectivity index (χ1) is 9.15. The maximum atomic E-state index is 11.9. The molecule has 1 rings (SSSR count). The first-order valence-corrected chi connectivity index (χ1v) is 6.17. The summed E-state index contributed by atoms with van der Waals surface area (Å²) >= 11 is 0. The third-order valence-corrected chi connectivity index (χ3v) is 2.58. The average Bonchev–Trinajstić information content (AvgIpc) is 2.40. The largest absolute Gasteiger partial charge is 0.465 e. The topological polar surface area (TPSA) is 72.8 Å². The zero-order chi connectivity index (χ0) is 14.3. The molecule has 0 atom stereocenters. The Kier molecular flexibility index (Phi) is 6.02. The quantitative estimate of drug-likeness (QED) is 0.622. The number of aliphatic hydroxyl groups excluding tert-OH is 1. The molecule has 1 aromatic rings. The van der Waals surface area contributed by atoms with E-state index in [1.54, 1.807) is 38.1 Å². The van der Waals surface area contributed by atoms with Crippen molar-refractivity contribution in [1.29, 1.82) is 0 Å². The van der Waals surface area contributed by atoms with E-state index in [9.17, 15) is 14.7 Å². The fourth-order valence-corrected chi connectivity index (χ4v) is 1.76. The van der Waals surface area contributed by atoms with Crippen LogP contribution in [0, 0.1) is 0 Å². The van der Waals surface area contributed by atoms with Crippen molar-refractivity contribution in [3.05, 3.63) is 35.4 Å². The number of rotatable bonds is 6. The van der Waals surface area contributed by atoms with Crippen LogP contribution in [-0.2, 0) is 25.7 Å². The van der Waals surface area contributed by atoms with Gasteiger partial charge in [0.25, 0.3) is 0 Å². The SMILES string of the molecule is CCOC(=O)C(C(=O)OCC)c1ccccc1CO. The van der Waals surface area contributed by atoms with Gasteiger partial charge in [0, 0.05) is 0 Å². The summed E-state index contributed by atoms with van der Waals surface area (Å²) in [5.41, 5.74) is 0.926. The highest BCUT2D eigenvalue weighted by Crippen LogP contribution is 2.23. The van der Waals surface area contributed by atoms with Crippen LogP contribution in [0.25, 0.3) is 0 Å². The summed E-state index contributed by atoms with van der Waals surface area (Å²) in [6.45, 7) is 3.42. The minimum absolute atomic E-state index is 0.177. The second-order valence-electron chi connectivity index (χ2n) is 3.79. The van der Waals surface area contributed by atoms with Gasteiger partial charge < -0.3 is 14.6 Å². The van der Waals surface area contributed by atoms with Crippen molar-refractivity contribution >= 4 is 11.9 Å². The Morgan fingerprint density at radius 3 is 2.11 bits per heavy atom. The molecule has 0 aliphatic heterocycles. The molecule has 0 aliphatic carbocycles. The third kappa shape index (κ3) is 3.79. The zero-order valence-electron chi connectivity index (χ0n) is 11.1. The Morgan fingerprint density at radius 2 is 1.63 bits per heavy atom. The number of carbonyl (C=O) groups is 2. The number of carbonyl (C=O) groups excluding carboxylic acids is 2. The van der Waals surface area contributed by atoms with Gasteiger partial charge in [0.2, 0.25) is 0 Å². The fraction of sp³-hybridized carbons (Fsp3) is 0.429. The second kappa shape index (κ2) is 7.53. The Labute approximate surface area is 112 Å². The Balaban J connectivity index is 3.14. The first kappa shape index (κ1) is 15.2. The van der Waals surface area contributed by atoms with E-state index in [1.807, 2.05) is 0 Å². The maximum Gasteiger partial charge on any atom is 0.324 e. The van der Waals surface area contributed by atoms with E-state index in [4.69, 9.17) is 9.47 Å². The normalized spacial score (nSPS) is 10.3. The molecule has 1 aromatic carbocycles. The molecule has 0 unspecified atom stereocenters. The van der Waals surface area contributed by atoms with Crippen LogP contribution < -0.4 is 0 Å². The molecule has 5 nitrogen and oxygen atoms in total. The summed E-state index contributed by atoms with van der Waals surface area (Å²) in [6, 6.07) is 6.69. The number of hydrogen-bond acceptors (Lipinski definition) is 5. The molecule has 0 aromatic heterocycles. The molecule has 0 amide bonds. The van der Waals surface area contributed by atoms with Crippen molar-refractivity contribution in [2.24, 2.45) is 0 Å². The summed E-state index contributed by atoms with van der Waals surface area (Å²) < 4.78 is 9.81. The van der Waals surface area contributed by atoms with Crippen LogP contribution in [0.1, 0.15) is 30.9 Å². The molecule has 5 heteroatoms. The fourth-order valence-electron chi connectivity index (χ4n) is 1.76. The Hall–Kier alpha value is -1.88. The second-order valence-corrected chi connectivity index (χ2v) is 3.79. The molecule has 0 saturated carbocycles. The molecule has 104 valence electrons. The lowest BCUT2D eigenvalue weighted by atomic mass is 9.94. The lowest BCUT2D eigenvalue weighted by molar-refractivity contribution is -0.157. The standard InChI is InChI=1S/C14H18O5/c1-3-18-13(16)12(14(17)19-4-2)11-8-6-5-7-10(11)9-15/h5-8,12,15H,3-4,9H2,1-2H3. The predicted molar refractivity (Wildman–Crippen MR) is 68.4 cm³/mol. The zero-order valence-corrected chi connectivity index (χ0v) is 11.1. The predicted octanol–water partition coefficient (Wildman–Crippen LogP) is 1.39. The average molecular weight is 266 g/mol. The van der Waals surface area contributed by atoms with Crippen molar-refractivity contribution in [3.8, 4) is 0 Å². The van der Waals surface area contributed by atoms with Crippen molar-refractivity contribution in [3.63, 3.8) is 0 Å². The Morgan fingerprint density at radius 1 is 1.11 bits per heavy atom. The summed E-state index contributed by atoms with van der Waals surface area (Å²) in [5.74, 6) is -2.48. The van der Waals surface area contributed by atoms with Gasteiger partial charge in [-0.2, -0.15) is 0 Å². The molecule has 0 saturated heterocycles. The van der Waals surface area contributed by atoms with E-state index in [0.717, 1.165) is 0 Å². The summed E-state index contributed by atoms with van der Waals surface area (Å²) in [7, 11) is 0. The van der Waals surface area contributed by atoms with Crippen LogP contribution >= 0.6 is 0 Å². The highest BCUT2D eigenvalue weighted by atomic mass is 16.6. The number of aliphatic hydroxyl groups is 1. The minimum atomic E-state index is -1.15. The van der Waals surface area contributed by atoms with Crippen molar-refractivity contribution in [2.45, 2.75) is 26.4 Å². The lowest BCUT2D eigenvalue weighted by Crippen LogP contribution is -2.27. The van der Waals surface area contributed by atoms with Crippen LogP contribution in [0.4, 0.5) is 0 Å².